The summed E-state index contributed by atoms with van der Waals surface area (Å²) < 4.78 is 21.4. The molecule has 1 aromatic heterocycles. The van der Waals surface area contributed by atoms with Crippen LogP contribution in [0.1, 0.15) is 29.5 Å². The van der Waals surface area contributed by atoms with Gasteiger partial charge in [0.1, 0.15) is 6.61 Å². The molecule has 9 heteroatoms. The standard InChI is InChI=1S/C26H23FN4O3S/c1-2-25(33)28-19-14-12-18(13-15-19)22(32)17-35-26-30-29-24(31(26)20-8-4-3-5-9-20)16-34-23-11-7-6-10-21(23)27/h3-15H,2,16-17H2,1H3,(H,28,33). The van der Waals surface area contributed by atoms with Crippen molar-refractivity contribution in [2.75, 3.05) is 11.1 Å². The summed E-state index contributed by atoms with van der Waals surface area (Å²) in [5.41, 5.74) is 1.97. The number of amides is 1. The van der Waals surface area contributed by atoms with Gasteiger partial charge in [-0.15, -0.1) is 10.2 Å². The number of benzene rings is 3. The fraction of sp³-hybridized carbons (Fsp3) is 0.154. The van der Waals surface area contributed by atoms with Gasteiger partial charge >= 0.3 is 0 Å². The van der Waals surface area contributed by atoms with Gasteiger partial charge in [-0.05, 0) is 48.5 Å². The Bertz CT molecular complexity index is 1310. The lowest BCUT2D eigenvalue weighted by Crippen LogP contribution is -2.10. The molecule has 1 heterocycles. The Labute approximate surface area is 206 Å². The first-order valence-corrected chi connectivity index (χ1v) is 12.0. The Morgan fingerprint density at radius 2 is 1.69 bits per heavy atom. The van der Waals surface area contributed by atoms with Gasteiger partial charge in [0.25, 0.3) is 0 Å². The number of carbonyl (C=O) groups excluding carboxylic acids is 2. The maximum atomic E-state index is 14.0. The molecule has 4 rings (SSSR count). The third kappa shape index (κ3) is 6.13. The van der Waals surface area contributed by atoms with E-state index in [1.54, 1.807) is 54.0 Å². The second-order valence-corrected chi connectivity index (χ2v) is 8.42. The van der Waals surface area contributed by atoms with Crippen molar-refractivity contribution in [1.29, 1.82) is 0 Å². The second-order valence-electron chi connectivity index (χ2n) is 7.48. The van der Waals surface area contributed by atoms with Crippen molar-refractivity contribution in [3.05, 3.63) is 96.1 Å². The molecule has 35 heavy (non-hydrogen) atoms. The summed E-state index contributed by atoms with van der Waals surface area (Å²) in [5, 5.41) is 11.8. The van der Waals surface area contributed by atoms with Crippen molar-refractivity contribution in [3.63, 3.8) is 0 Å². The van der Waals surface area contributed by atoms with Crippen molar-refractivity contribution >= 4 is 29.1 Å². The number of ether oxygens (including phenoxy) is 1. The molecule has 1 N–H and O–H groups in total. The number of nitrogens with zero attached hydrogens (tertiary/aromatic N) is 3. The minimum Gasteiger partial charge on any atom is -0.483 e. The van der Waals surface area contributed by atoms with E-state index in [4.69, 9.17) is 4.74 Å². The zero-order valence-corrected chi connectivity index (χ0v) is 19.8. The number of nitrogens with one attached hydrogen (secondary N) is 1. The number of ketones is 1. The van der Waals surface area contributed by atoms with Gasteiger partial charge in [0.2, 0.25) is 5.91 Å². The molecule has 0 atom stereocenters. The minimum absolute atomic E-state index is 0.00226. The molecule has 1 amide bonds. The first-order chi connectivity index (χ1) is 17.0. The molecule has 0 saturated heterocycles. The van der Waals surface area contributed by atoms with E-state index in [-0.39, 0.29) is 29.8 Å². The summed E-state index contributed by atoms with van der Waals surface area (Å²) in [4.78, 5) is 24.3. The Hall–Kier alpha value is -3.98. The van der Waals surface area contributed by atoms with E-state index in [1.807, 2.05) is 30.3 Å². The molecule has 0 fully saturated rings. The normalized spacial score (nSPS) is 10.7. The van der Waals surface area contributed by atoms with Gasteiger partial charge in [0.05, 0.1) is 5.75 Å². The molecule has 0 saturated carbocycles. The number of thioether (sulfide) groups is 1. The number of halogens is 1. The molecule has 0 aliphatic carbocycles. The molecule has 3 aromatic carbocycles. The minimum atomic E-state index is -0.459. The number of hydrogen-bond donors (Lipinski definition) is 1. The van der Waals surface area contributed by atoms with E-state index in [2.05, 4.69) is 15.5 Å². The second kappa shape index (κ2) is 11.4. The molecular formula is C26H23FN4O3S. The maximum Gasteiger partial charge on any atom is 0.224 e. The van der Waals surface area contributed by atoms with Gasteiger partial charge in [-0.3, -0.25) is 14.2 Å². The average Bonchev–Trinajstić information content (AvgIpc) is 3.30. The van der Waals surface area contributed by atoms with Crippen LogP contribution >= 0.6 is 11.8 Å². The van der Waals surface area contributed by atoms with E-state index in [0.29, 0.717) is 28.7 Å². The molecule has 0 spiro atoms. The van der Waals surface area contributed by atoms with E-state index in [1.165, 1.54) is 17.8 Å². The largest absolute Gasteiger partial charge is 0.483 e. The van der Waals surface area contributed by atoms with Gasteiger partial charge in [-0.2, -0.15) is 0 Å². The number of rotatable bonds is 10. The summed E-state index contributed by atoms with van der Waals surface area (Å²) in [6.45, 7) is 1.78. The number of hydrogen-bond acceptors (Lipinski definition) is 6. The maximum absolute atomic E-state index is 14.0. The van der Waals surface area contributed by atoms with E-state index in [9.17, 15) is 14.0 Å². The van der Waals surface area contributed by atoms with Gasteiger partial charge in [-0.25, -0.2) is 4.39 Å². The predicted molar refractivity (Wildman–Crippen MR) is 133 cm³/mol. The van der Waals surface area contributed by atoms with Gasteiger partial charge in [0, 0.05) is 23.4 Å². The van der Waals surface area contributed by atoms with Crippen LogP contribution in [0.4, 0.5) is 10.1 Å². The smallest absolute Gasteiger partial charge is 0.224 e. The summed E-state index contributed by atoms with van der Waals surface area (Å²) >= 11 is 1.25. The van der Waals surface area contributed by atoms with Gasteiger partial charge < -0.3 is 10.1 Å². The lowest BCUT2D eigenvalue weighted by Gasteiger charge is -2.11. The Kier molecular flexibility index (Phi) is 7.89. The highest BCUT2D eigenvalue weighted by Crippen LogP contribution is 2.25. The first-order valence-electron chi connectivity index (χ1n) is 11.0. The molecule has 0 aliphatic heterocycles. The van der Waals surface area contributed by atoms with Gasteiger partial charge in [-0.1, -0.05) is 49.0 Å². The number of anilines is 1. The van der Waals surface area contributed by atoms with Crippen molar-refractivity contribution < 1.29 is 18.7 Å². The zero-order valence-electron chi connectivity index (χ0n) is 19.0. The van der Waals surface area contributed by atoms with Crippen LogP contribution < -0.4 is 10.1 Å². The van der Waals surface area contributed by atoms with Crippen LogP contribution in [0.2, 0.25) is 0 Å². The monoisotopic (exact) mass is 490 g/mol. The third-order valence-electron chi connectivity index (χ3n) is 5.05. The van der Waals surface area contributed by atoms with Crippen LogP contribution in [0, 0.1) is 5.82 Å². The number of Topliss-reactive ketones (excluding diaryl/α,β-unsaturated/α-hetero) is 1. The topological polar surface area (TPSA) is 86.1 Å². The highest BCUT2D eigenvalue weighted by atomic mass is 32.2. The van der Waals surface area contributed by atoms with Crippen LogP contribution in [-0.2, 0) is 11.4 Å². The Morgan fingerprint density at radius 3 is 2.40 bits per heavy atom. The van der Waals surface area contributed by atoms with Crippen molar-refractivity contribution in [1.82, 2.24) is 14.8 Å². The number of aromatic nitrogens is 3. The summed E-state index contributed by atoms with van der Waals surface area (Å²) in [6.07, 6.45) is 0.382. The van der Waals surface area contributed by atoms with E-state index in [0.717, 1.165) is 5.69 Å². The van der Waals surface area contributed by atoms with Crippen LogP contribution in [0.3, 0.4) is 0 Å². The summed E-state index contributed by atoms with van der Waals surface area (Å²) in [5.74, 6) is 0.104. The Balaban J connectivity index is 1.48. The van der Waals surface area contributed by atoms with Crippen LogP contribution in [-0.4, -0.2) is 32.2 Å². The molecular weight excluding hydrogens is 467 g/mol. The van der Waals surface area contributed by atoms with Gasteiger partial charge in [0.15, 0.2) is 28.3 Å². The van der Waals surface area contributed by atoms with Crippen molar-refractivity contribution in [2.45, 2.75) is 25.1 Å². The van der Waals surface area contributed by atoms with Crippen molar-refractivity contribution in [3.8, 4) is 11.4 Å². The molecule has 0 radical (unpaired) electrons. The zero-order chi connectivity index (χ0) is 24.6. The highest BCUT2D eigenvalue weighted by molar-refractivity contribution is 7.99. The lowest BCUT2D eigenvalue weighted by atomic mass is 10.1. The summed E-state index contributed by atoms with van der Waals surface area (Å²) in [6, 6.07) is 22.4. The Morgan fingerprint density at radius 1 is 0.971 bits per heavy atom. The van der Waals surface area contributed by atoms with Crippen LogP contribution in [0.5, 0.6) is 5.75 Å². The molecule has 4 aromatic rings. The molecule has 7 nitrogen and oxygen atoms in total. The van der Waals surface area contributed by atoms with Crippen molar-refractivity contribution in [2.24, 2.45) is 0 Å². The highest BCUT2D eigenvalue weighted by Gasteiger charge is 2.17. The fourth-order valence-corrected chi connectivity index (χ4v) is 4.10. The molecule has 0 bridgehead atoms. The average molecular weight is 491 g/mol. The first kappa shape index (κ1) is 24.2. The fourth-order valence-electron chi connectivity index (χ4n) is 3.23. The van der Waals surface area contributed by atoms with E-state index >= 15 is 0 Å². The predicted octanol–water partition coefficient (Wildman–Crippen LogP) is 5.31. The lowest BCUT2D eigenvalue weighted by molar-refractivity contribution is -0.115. The molecule has 0 aliphatic rings. The number of para-hydroxylation sites is 2. The SMILES string of the molecule is CCC(=O)Nc1ccc(C(=O)CSc2nnc(COc3ccccc3F)n2-c2ccccc2)cc1. The molecule has 0 unspecified atom stereocenters. The van der Waals surface area contributed by atoms with Crippen LogP contribution in [0.15, 0.2) is 84.0 Å². The third-order valence-corrected chi connectivity index (χ3v) is 5.98. The van der Waals surface area contributed by atoms with E-state index < -0.39 is 5.82 Å². The quantitative estimate of drug-likeness (QED) is 0.240. The number of carbonyl (C=O) groups is 2. The molecule has 178 valence electrons. The van der Waals surface area contributed by atoms with Crippen LogP contribution in [0.25, 0.3) is 5.69 Å². The summed E-state index contributed by atoms with van der Waals surface area (Å²) in [7, 11) is 0.